The Balaban J connectivity index is 0.00000288. The van der Waals surface area contributed by atoms with Gasteiger partial charge < -0.3 is 20.1 Å². The van der Waals surface area contributed by atoms with Gasteiger partial charge in [-0.1, -0.05) is 0 Å². The van der Waals surface area contributed by atoms with E-state index < -0.39 is 0 Å². The summed E-state index contributed by atoms with van der Waals surface area (Å²) in [4.78, 5) is 4.22. The van der Waals surface area contributed by atoms with Crippen molar-refractivity contribution in [2.24, 2.45) is 12.0 Å². The van der Waals surface area contributed by atoms with Crippen LogP contribution in [0.2, 0.25) is 0 Å². The third kappa shape index (κ3) is 5.59. The summed E-state index contributed by atoms with van der Waals surface area (Å²) in [7, 11) is 5.24. The number of nitrogens with zero attached hydrogens (tertiary/aromatic N) is 3. The Bertz CT molecular complexity index is 672. The molecule has 1 aromatic heterocycles. The number of aliphatic imine (C=N–C) groups is 1. The molecule has 1 heterocycles. The highest BCUT2D eigenvalue weighted by molar-refractivity contribution is 14.0. The van der Waals surface area contributed by atoms with E-state index in [0.29, 0.717) is 30.6 Å². The van der Waals surface area contributed by atoms with E-state index in [1.165, 1.54) is 0 Å². The van der Waals surface area contributed by atoms with Crippen LogP contribution in [0.5, 0.6) is 11.5 Å². The topological polar surface area (TPSA) is 72.7 Å². The molecule has 0 aliphatic rings. The first-order chi connectivity index (χ1) is 11.2. The zero-order valence-corrected chi connectivity index (χ0v) is 16.7. The average molecular weight is 445 g/mol. The normalized spacial score (nSPS) is 10.8. The van der Waals surface area contributed by atoms with Crippen molar-refractivity contribution in [1.82, 2.24) is 15.1 Å². The van der Waals surface area contributed by atoms with Crippen LogP contribution < -0.4 is 20.1 Å². The first-order valence-electron chi connectivity index (χ1n) is 7.42. The predicted octanol–water partition coefficient (Wildman–Crippen LogP) is 2.63. The molecule has 132 valence electrons. The number of hydrogen-bond acceptors (Lipinski definition) is 4. The number of aromatic nitrogens is 2. The predicted molar refractivity (Wildman–Crippen MR) is 107 cm³/mol. The molecule has 7 nitrogen and oxygen atoms in total. The lowest BCUT2D eigenvalue weighted by Crippen LogP contribution is -2.30. The average Bonchev–Trinajstić information content (AvgIpc) is 2.97. The quantitative estimate of drug-likeness (QED) is 0.407. The smallest absolute Gasteiger partial charge is 0.195 e. The molecular weight excluding hydrogens is 421 g/mol. The zero-order chi connectivity index (χ0) is 16.7. The number of anilines is 1. The second-order valence-corrected chi connectivity index (χ2v) is 4.87. The van der Waals surface area contributed by atoms with Crippen LogP contribution in [0, 0.1) is 0 Å². The minimum atomic E-state index is 0. The molecule has 2 aromatic rings. The molecule has 0 aliphatic carbocycles. The van der Waals surface area contributed by atoms with E-state index in [0.717, 1.165) is 11.3 Å². The fourth-order valence-corrected chi connectivity index (χ4v) is 2.09. The number of nitrogens with one attached hydrogen (secondary N) is 2. The van der Waals surface area contributed by atoms with E-state index in [4.69, 9.17) is 9.47 Å². The summed E-state index contributed by atoms with van der Waals surface area (Å²) in [5.74, 6) is 2.07. The lowest BCUT2D eigenvalue weighted by Gasteiger charge is -2.14. The van der Waals surface area contributed by atoms with Gasteiger partial charge in [-0.15, -0.1) is 24.0 Å². The van der Waals surface area contributed by atoms with E-state index in [2.05, 4.69) is 20.7 Å². The zero-order valence-electron chi connectivity index (χ0n) is 14.4. The van der Waals surface area contributed by atoms with Crippen LogP contribution in [0.25, 0.3) is 0 Å². The molecule has 0 bridgehead atoms. The first kappa shape index (κ1) is 20.1. The fourth-order valence-electron chi connectivity index (χ4n) is 2.09. The van der Waals surface area contributed by atoms with Gasteiger partial charge in [-0.2, -0.15) is 5.10 Å². The van der Waals surface area contributed by atoms with Crippen LogP contribution in [0.15, 0.2) is 35.6 Å². The molecule has 0 radical (unpaired) electrons. The Kier molecular flexibility index (Phi) is 8.37. The van der Waals surface area contributed by atoms with E-state index in [9.17, 15) is 0 Å². The number of benzene rings is 1. The Morgan fingerprint density at radius 2 is 2.12 bits per heavy atom. The largest absolute Gasteiger partial charge is 0.493 e. The van der Waals surface area contributed by atoms with Gasteiger partial charge >= 0.3 is 0 Å². The summed E-state index contributed by atoms with van der Waals surface area (Å²) >= 11 is 0. The minimum Gasteiger partial charge on any atom is -0.493 e. The van der Waals surface area contributed by atoms with Crippen LogP contribution in [-0.4, -0.2) is 36.5 Å². The number of ether oxygens (including phenoxy) is 2. The molecule has 2 rings (SSSR count). The number of rotatable bonds is 6. The number of guanidine groups is 1. The van der Waals surface area contributed by atoms with E-state index in [1.807, 2.05) is 44.6 Å². The highest BCUT2D eigenvalue weighted by Crippen LogP contribution is 2.30. The van der Waals surface area contributed by atoms with Gasteiger partial charge in [-0.3, -0.25) is 9.67 Å². The molecule has 2 N–H and O–H groups in total. The fraction of sp³-hybridized carbons (Fsp3) is 0.375. The number of aryl methyl sites for hydroxylation is 1. The summed E-state index contributed by atoms with van der Waals surface area (Å²) < 4.78 is 12.6. The SMILES string of the molecule is CCOc1cc(NC(=NC)NCc2cnn(C)c2)ccc1OC.I. The molecular formula is C16H24IN5O2. The second kappa shape index (κ2) is 10.0. The summed E-state index contributed by atoms with van der Waals surface area (Å²) in [6.45, 7) is 3.16. The summed E-state index contributed by atoms with van der Waals surface area (Å²) in [6.07, 6.45) is 3.78. The van der Waals surface area contributed by atoms with Crippen molar-refractivity contribution < 1.29 is 9.47 Å². The molecule has 0 saturated heterocycles. The summed E-state index contributed by atoms with van der Waals surface area (Å²) in [5.41, 5.74) is 1.95. The van der Waals surface area contributed by atoms with Gasteiger partial charge in [-0.05, 0) is 19.1 Å². The summed E-state index contributed by atoms with van der Waals surface area (Å²) in [6, 6.07) is 5.67. The molecule has 24 heavy (non-hydrogen) atoms. The summed E-state index contributed by atoms with van der Waals surface area (Å²) in [5, 5.41) is 10.6. The van der Waals surface area contributed by atoms with Gasteiger partial charge in [0.05, 0.1) is 19.9 Å². The van der Waals surface area contributed by atoms with Crippen molar-refractivity contribution in [3.63, 3.8) is 0 Å². The van der Waals surface area contributed by atoms with Crippen LogP contribution in [0.1, 0.15) is 12.5 Å². The standard InChI is InChI=1S/C16H23N5O2.HI/c1-5-23-15-8-13(6-7-14(15)22-4)20-16(17-2)18-9-12-10-19-21(3)11-12;/h6-8,10-11H,5,9H2,1-4H3,(H2,17,18,20);1H. The van der Waals surface area contributed by atoms with Gasteiger partial charge in [0.25, 0.3) is 0 Å². The molecule has 0 spiro atoms. The third-order valence-corrected chi connectivity index (χ3v) is 3.17. The third-order valence-electron chi connectivity index (χ3n) is 3.17. The van der Waals surface area contributed by atoms with Crippen LogP contribution in [-0.2, 0) is 13.6 Å². The molecule has 0 unspecified atom stereocenters. The van der Waals surface area contributed by atoms with Crippen molar-refractivity contribution in [2.45, 2.75) is 13.5 Å². The first-order valence-corrected chi connectivity index (χ1v) is 7.42. The molecule has 1 aromatic carbocycles. The molecule has 0 fully saturated rings. The maximum absolute atomic E-state index is 5.58. The lowest BCUT2D eigenvalue weighted by atomic mass is 10.2. The maximum Gasteiger partial charge on any atom is 0.195 e. The van der Waals surface area contributed by atoms with Crippen LogP contribution >= 0.6 is 24.0 Å². The molecule has 0 amide bonds. The number of methoxy groups -OCH3 is 1. The highest BCUT2D eigenvalue weighted by atomic mass is 127. The number of hydrogen-bond donors (Lipinski definition) is 2. The van der Waals surface area contributed by atoms with E-state index >= 15 is 0 Å². The van der Waals surface area contributed by atoms with Crippen molar-refractivity contribution in [3.8, 4) is 11.5 Å². The Hall–Kier alpha value is -1.97. The molecule has 0 aliphatic heterocycles. The van der Waals surface area contributed by atoms with Crippen molar-refractivity contribution in [3.05, 3.63) is 36.2 Å². The van der Waals surface area contributed by atoms with Crippen LogP contribution in [0.3, 0.4) is 0 Å². The van der Waals surface area contributed by atoms with Gasteiger partial charge in [0.15, 0.2) is 17.5 Å². The molecule has 8 heteroatoms. The van der Waals surface area contributed by atoms with E-state index in [-0.39, 0.29) is 24.0 Å². The van der Waals surface area contributed by atoms with Gasteiger partial charge in [0.2, 0.25) is 0 Å². The van der Waals surface area contributed by atoms with Gasteiger partial charge in [0, 0.05) is 44.2 Å². The highest BCUT2D eigenvalue weighted by Gasteiger charge is 2.07. The Morgan fingerprint density at radius 3 is 2.71 bits per heavy atom. The van der Waals surface area contributed by atoms with Gasteiger partial charge in [-0.25, -0.2) is 0 Å². The number of halogens is 1. The van der Waals surface area contributed by atoms with Crippen molar-refractivity contribution in [1.29, 1.82) is 0 Å². The molecule has 0 atom stereocenters. The maximum atomic E-state index is 5.58. The van der Waals surface area contributed by atoms with Crippen molar-refractivity contribution in [2.75, 3.05) is 26.1 Å². The van der Waals surface area contributed by atoms with Gasteiger partial charge in [0.1, 0.15) is 0 Å². The minimum absolute atomic E-state index is 0. The van der Waals surface area contributed by atoms with E-state index in [1.54, 1.807) is 18.8 Å². The Labute approximate surface area is 159 Å². The lowest BCUT2D eigenvalue weighted by molar-refractivity contribution is 0.311. The Morgan fingerprint density at radius 1 is 1.33 bits per heavy atom. The van der Waals surface area contributed by atoms with Crippen LogP contribution in [0.4, 0.5) is 5.69 Å². The monoisotopic (exact) mass is 445 g/mol. The second-order valence-electron chi connectivity index (χ2n) is 4.87. The van der Waals surface area contributed by atoms with Crippen molar-refractivity contribution >= 4 is 35.6 Å². The molecule has 0 saturated carbocycles.